The first-order valence-electron chi connectivity index (χ1n) is 10.2. The molecule has 1 aliphatic heterocycles. The third kappa shape index (κ3) is 3.35. The lowest BCUT2D eigenvalue weighted by Gasteiger charge is -2.29. The smallest absolute Gasteiger partial charge is 0.139 e. The van der Waals surface area contributed by atoms with Gasteiger partial charge in [-0.25, -0.2) is 4.99 Å². The van der Waals surface area contributed by atoms with E-state index >= 15 is 0 Å². The Labute approximate surface area is 197 Å². The van der Waals surface area contributed by atoms with Crippen molar-refractivity contribution in [3.05, 3.63) is 123 Å². The number of hydrogen-bond donors (Lipinski definition) is 1. The van der Waals surface area contributed by atoms with Crippen molar-refractivity contribution in [2.24, 2.45) is 10.7 Å². The largest absolute Gasteiger partial charge is 0.497 e. The Morgan fingerprint density at radius 2 is 1.47 bits per heavy atom. The summed E-state index contributed by atoms with van der Waals surface area (Å²) >= 11 is 12.5. The summed E-state index contributed by atoms with van der Waals surface area (Å²) < 4.78 is 5.37. The summed E-state index contributed by atoms with van der Waals surface area (Å²) in [4.78, 5) is 5.06. The number of ether oxygens (including phenoxy) is 1. The van der Waals surface area contributed by atoms with Crippen LogP contribution in [0.3, 0.4) is 0 Å². The van der Waals surface area contributed by atoms with Crippen LogP contribution in [-0.2, 0) is 5.54 Å². The van der Waals surface area contributed by atoms with Gasteiger partial charge in [0, 0.05) is 15.6 Å². The minimum absolute atomic E-state index is 0.521. The lowest BCUT2D eigenvalue weighted by atomic mass is 9.77. The van der Waals surface area contributed by atoms with E-state index < -0.39 is 5.54 Å². The van der Waals surface area contributed by atoms with Crippen LogP contribution in [0.4, 0.5) is 0 Å². The fourth-order valence-corrected chi connectivity index (χ4v) is 4.93. The fourth-order valence-electron chi connectivity index (χ4n) is 4.41. The summed E-state index contributed by atoms with van der Waals surface area (Å²) in [7, 11) is 1.66. The maximum atomic E-state index is 6.43. The van der Waals surface area contributed by atoms with Gasteiger partial charge in [-0.2, -0.15) is 0 Å². The molecular weight excluding hydrogens is 439 g/mol. The molecule has 0 spiro atoms. The number of halogens is 2. The third-order valence-electron chi connectivity index (χ3n) is 5.86. The summed E-state index contributed by atoms with van der Waals surface area (Å²) in [5.41, 5.74) is 11.6. The summed E-state index contributed by atoms with van der Waals surface area (Å²) in [5, 5.41) is 1.19. The van der Waals surface area contributed by atoms with Crippen LogP contribution in [0.15, 0.2) is 96.0 Å². The third-order valence-corrected chi connectivity index (χ3v) is 6.30. The molecule has 0 radical (unpaired) electrons. The zero-order valence-corrected chi connectivity index (χ0v) is 18.9. The van der Waals surface area contributed by atoms with E-state index in [1.165, 1.54) is 0 Å². The van der Waals surface area contributed by atoms with Gasteiger partial charge in [0.2, 0.25) is 0 Å². The van der Waals surface area contributed by atoms with E-state index in [1.54, 1.807) is 13.2 Å². The summed E-state index contributed by atoms with van der Waals surface area (Å²) in [6.45, 7) is 0. The Morgan fingerprint density at radius 3 is 2.19 bits per heavy atom. The zero-order chi connectivity index (χ0) is 22.3. The Bertz CT molecular complexity index is 1330. The molecule has 0 aliphatic carbocycles. The van der Waals surface area contributed by atoms with Crippen LogP contribution >= 0.6 is 23.2 Å². The maximum absolute atomic E-state index is 6.43. The second-order valence-corrected chi connectivity index (χ2v) is 8.59. The van der Waals surface area contributed by atoms with Crippen LogP contribution in [-0.4, -0.2) is 12.9 Å². The highest BCUT2D eigenvalue weighted by molar-refractivity contribution is 6.35. The Hall–Kier alpha value is -3.27. The molecule has 3 nitrogen and oxygen atoms in total. The molecular formula is C27H20Cl2N2O. The molecule has 1 aliphatic rings. The van der Waals surface area contributed by atoms with E-state index in [9.17, 15) is 0 Å². The zero-order valence-electron chi connectivity index (χ0n) is 17.3. The van der Waals surface area contributed by atoms with Crippen molar-refractivity contribution in [1.82, 2.24) is 0 Å². The predicted molar refractivity (Wildman–Crippen MR) is 132 cm³/mol. The average Bonchev–Trinajstić information content (AvgIpc) is 3.12. The van der Waals surface area contributed by atoms with Crippen LogP contribution in [0.2, 0.25) is 10.0 Å². The van der Waals surface area contributed by atoms with Crippen molar-refractivity contribution in [3.8, 4) is 16.9 Å². The highest BCUT2D eigenvalue weighted by Gasteiger charge is 2.42. The van der Waals surface area contributed by atoms with Crippen LogP contribution in [0.1, 0.15) is 22.3 Å². The van der Waals surface area contributed by atoms with Crippen molar-refractivity contribution in [2.75, 3.05) is 7.11 Å². The van der Waals surface area contributed by atoms with Gasteiger partial charge < -0.3 is 10.5 Å². The lowest BCUT2D eigenvalue weighted by molar-refractivity contribution is 0.414. The molecule has 5 heteroatoms. The van der Waals surface area contributed by atoms with Gasteiger partial charge in [-0.1, -0.05) is 77.8 Å². The Balaban J connectivity index is 1.76. The fraction of sp³-hybridized carbons (Fsp3) is 0.0741. The van der Waals surface area contributed by atoms with Crippen LogP contribution in [0.25, 0.3) is 11.1 Å². The minimum Gasteiger partial charge on any atom is -0.497 e. The number of aliphatic imine (C=N–C) groups is 1. The van der Waals surface area contributed by atoms with Crippen molar-refractivity contribution in [1.29, 1.82) is 0 Å². The van der Waals surface area contributed by atoms with Crippen molar-refractivity contribution in [2.45, 2.75) is 5.54 Å². The van der Waals surface area contributed by atoms with E-state index in [4.69, 9.17) is 38.7 Å². The number of rotatable bonds is 4. The summed E-state index contributed by atoms with van der Waals surface area (Å²) in [5.74, 6) is 1.31. The summed E-state index contributed by atoms with van der Waals surface area (Å²) in [6.07, 6.45) is 0. The van der Waals surface area contributed by atoms with Gasteiger partial charge in [0.15, 0.2) is 0 Å². The average molecular weight is 459 g/mol. The van der Waals surface area contributed by atoms with Crippen molar-refractivity contribution >= 4 is 29.0 Å². The maximum Gasteiger partial charge on any atom is 0.139 e. The molecule has 5 rings (SSSR count). The Morgan fingerprint density at radius 1 is 0.750 bits per heavy atom. The molecule has 0 amide bonds. The van der Waals surface area contributed by atoms with Crippen LogP contribution in [0.5, 0.6) is 5.75 Å². The van der Waals surface area contributed by atoms with Gasteiger partial charge in [0.1, 0.15) is 17.1 Å². The first-order chi connectivity index (χ1) is 15.5. The second kappa shape index (κ2) is 8.01. The van der Waals surface area contributed by atoms with Gasteiger partial charge in [0.25, 0.3) is 0 Å². The highest BCUT2D eigenvalue weighted by atomic mass is 35.5. The molecule has 0 aromatic heterocycles. The first kappa shape index (κ1) is 20.6. The molecule has 158 valence electrons. The standard InChI is InChI=1S/C27H20Cl2N2O/c1-32-23-11-9-19(10-12-23)27(25-8-3-2-7-24(25)26(30)31-27)20-6-4-5-17(13-20)18-14-21(28)16-22(29)15-18/h2-16H,1H3,(H2,30,31). The number of nitrogens with two attached hydrogens (primary N) is 1. The molecule has 4 aromatic carbocycles. The summed E-state index contributed by atoms with van der Waals surface area (Å²) in [6, 6.07) is 29.9. The molecule has 2 N–H and O–H groups in total. The molecule has 0 bridgehead atoms. The normalized spacial score (nSPS) is 17.0. The van der Waals surface area contributed by atoms with E-state index in [0.29, 0.717) is 15.9 Å². The van der Waals surface area contributed by atoms with Crippen LogP contribution < -0.4 is 10.5 Å². The quantitative estimate of drug-likeness (QED) is 0.370. The van der Waals surface area contributed by atoms with E-state index in [1.807, 2.05) is 66.7 Å². The molecule has 32 heavy (non-hydrogen) atoms. The number of benzene rings is 4. The van der Waals surface area contributed by atoms with E-state index in [-0.39, 0.29) is 0 Å². The number of hydrogen-bond acceptors (Lipinski definition) is 3. The van der Waals surface area contributed by atoms with Crippen molar-refractivity contribution in [3.63, 3.8) is 0 Å². The topological polar surface area (TPSA) is 47.6 Å². The number of methoxy groups -OCH3 is 1. The molecule has 1 atom stereocenters. The number of amidine groups is 1. The number of nitrogens with zero attached hydrogens (tertiary/aromatic N) is 1. The minimum atomic E-state index is -0.772. The van der Waals surface area contributed by atoms with Crippen LogP contribution in [0, 0.1) is 0 Å². The van der Waals surface area contributed by atoms with Gasteiger partial charge in [-0.05, 0) is 64.2 Å². The number of fused-ring (bicyclic) bond motifs is 1. The SMILES string of the molecule is COc1ccc(C2(c3cccc(-c4cc(Cl)cc(Cl)c4)c3)N=C(N)c3ccccc32)cc1. The molecule has 4 aromatic rings. The van der Waals surface area contributed by atoms with E-state index in [0.717, 1.165) is 39.1 Å². The van der Waals surface area contributed by atoms with Gasteiger partial charge >= 0.3 is 0 Å². The van der Waals surface area contributed by atoms with Gasteiger partial charge in [-0.3, -0.25) is 0 Å². The molecule has 0 saturated heterocycles. The molecule has 0 fully saturated rings. The molecule has 1 unspecified atom stereocenters. The monoisotopic (exact) mass is 458 g/mol. The van der Waals surface area contributed by atoms with Crippen molar-refractivity contribution < 1.29 is 4.74 Å². The predicted octanol–water partition coefficient (Wildman–Crippen LogP) is 6.68. The van der Waals surface area contributed by atoms with E-state index in [2.05, 4.69) is 18.2 Å². The molecule has 0 saturated carbocycles. The first-order valence-corrected chi connectivity index (χ1v) is 10.9. The highest BCUT2D eigenvalue weighted by Crippen LogP contribution is 2.47. The Kier molecular flexibility index (Phi) is 5.16. The second-order valence-electron chi connectivity index (χ2n) is 7.72. The molecule has 1 heterocycles. The van der Waals surface area contributed by atoms with Gasteiger partial charge in [0.05, 0.1) is 7.11 Å². The van der Waals surface area contributed by atoms with Gasteiger partial charge in [-0.15, -0.1) is 0 Å². The lowest BCUT2D eigenvalue weighted by Crippen LogP contribution is -2.25.